The third-order valence-electron chi connectivity index (χ3n) is 5.14. The summed E-state index contributed by atoms with van der Waals surface area (Å²) in [5.41, 5.74) is 1.87. The minimum Gasteiger partial charge on any atom is -0.493 e. The van der Waals surface area contributed by atoms with Crippen molar-refractivity contribution in [1.29, 1.82) is 0 Å². The molecule has 1 N–H and O–H groups in total. The summed E-state index contributed by atoms with van der Waals surface area (Å²) >= 11 is 0. The summed E-state index contributed by atoms with van der Waals surface area (Å²) in [6.45, 7) is 0.499. The standard InChI is InChI=1S/C21H25N3O4/c1-24-18(25)13-16(21(26)23-12-9-14-7-10-22-11-8-14)19(24)15-5-4-6-17(27-2)20(15)28-3/h4-8,10-11,16,19H,9,12-13H2,1-3H3,(H,23,26)/t16-,19-/m1/s1. The summed E-state index contributed by atoms with van der Waals surface area (Å²) in [4.78, 5) is 30.9. The van der Waals surface area contributed by atoms with Crippen LogP contribution in [0.5, 0.6) is 11.5 Å². The molecule has 0 radical (unpaired) electrons. The van der Waals surface area contributed by atoms with Gasteiger partial charge in [-0.15, -0.1) is 0 Å². The van der Waals surface area contributed by atoms with Gasteiger partial charge in [0.2, 0.25) is 11.8 Å². The molecule has 2 aromatic rings. The van der Waals surface area contributed by atoms with Gasteiger partial charge in [-0.1, -0.05) is 12.1 Å². The monoisotopic (exact) mass is 383 g/mol. The van der Waals surface area contributed by atoms with E-state index in [0.717, 1.165) is 11.1 Å². The quantitative estimate of drug-likeness (QED) is 0.791. The van der Waals surface area contributed by atoms with Gasteiger partial charge in [-0.2, -0.15) is 0 Å². The second-order valence-electron chi connectivity index (χ2n) is 6.74. The molecular weight excluding hydrogens is 358 g/mol. The molecule has 7 nitrogen and oxygen atoms in total. The van der Waals surface area contributed by atoms with Crippen LogP contribution in [0.1, 0.15) is 23.6 Å². The van der Waals surface area contributed by atoms with Crippen LogP contribution in [-0.2, 0) is 16.0 Å². The number of methoxy groups -OCH3 is 2. The second kappa shape index (κ2) is 8.73. The van der Waals surface area contributed by atoms with Crippen LogP contribution in [0.2, 0.25) is 0 Å². The van der Waals surface area contributed by atoms with Gasteiger partial charge in [0.05, 0.1) is 26.2 Å². The lowest BCUT2D eigenvalue weighted by molar-refractivity contribution is -0.128. The SMILES string of the molecule is COc1cccc([C@@H]2[C@H](C(=O)NCCc3ccncc3)CC(=O)N2C)c1OC. The van der Waals surface area contributed by atoms with Gasteiger partial charge in [0.1, 0.15) is 0 Å². The predicted molar refractivity (Wildman–Crippen MR) is 104 cm³/mol. The number of pyridine rings is 1. The van der Waals surface area contributed by atoms with Crippen molar-refractivity contribution in [3.63, 3.8) is 0 Å². The number of carbonyl (C=O) groups excluding carboxylic acids is 2. The molecule has 7 heteroatoms. The Hall–Kier alpha value is -3.09. The van der Waals surface area contributed by atoms with Crippen LogP contribution < -0.4 is 14.8 Å². The molecule has 0 unspecified atom stereocenters. The predicted octanol–water partition coefficient (Wildman–Crippen LogP) is 1.98. The average molecular weight is 383 g/mol. The molecule has 0 bridgehead atoms. The van der Waals surface area contributed by atoms with Gasteiger partial charge in [0.15, 0.2) is 11.5 Å². The Bertz CT molecular complexity index is 841. The minimum atomic E-state index is -0.490. The van der Waals surface area contributed by atoms with Crippen LogP contribution in [0.25, 0.3) is 0 Å². The molecule has 0 saturated carbocycles. The zero-order valence-electron chi connectivity index (χ0n) is 16.3. The summed E-state index contributed by atoms with van der Waals surface area (Å²) in [6, 6.07) is 8.94. The average Bonchev–Trinajstić information content (AvgIpc) is 3.02. The summed E-state index contributed by atoms with van der Waals surface area (Å²) in [7, 11) is 4.84. The summed E-state index contributed by atoms with van der Waals surface area (Å²) in [6.07, 6.45) is 4.33. The molecule has 2 atom stereocenters. The van der Waals surface area contributed by atoms with E-state index in [9.17, 15) is 9.59 Å². The lowest BCUT2D eigenvalue weighted by Crippen LogP contribution is -2.35. The number of carbonyl (C=O) groups is 2. The lowest BCUT2D eigenvalue weighted by atomic mass is 9.92. The maximum atomic E-state index is 12.9. The van der Waals surface area contributed by atoms with E-state index in [4.69, 9.17) is 9.47 Å². The van der Waals surface area contributed by atoms with Gasteiger partial charge >= 0.3 is 0 Å². The topological polar surface area (TPSA) is 80.8 Å². The third kappa shape index (κ3) is 3.93. The highest BCUT2D eigenvalue weighted by molar-refractivity contribution is 5.90. The molecule has 2 amide bonds. The second-order valence-corrected chi connectivity index (χ2v) is 6.74. The minimum absolute atomic E-state index is 0.0656. The van der Waals surface area contributed by atoms with Crippen molar-refractivity contribution < 1.29 is 19.1 Å². The van der Waals surface area contributed by atoms with E-state index in [-0.39, 0.29) is 18.2 Å². The molecule has 1 saturated heterocycles. The molecule has 1 aliphatic heterocycles. The molecule has 28 heavy (non-hydrogen) atoms. The van der Waals surface area contributed by atoms with Gasteiger partial charge in [-0.3, -0.25) is 14.6 Å². The molecule has 0 aliphatic carbocycles. The van der Waals surface area contributed by atoms with Crippen molar-refractivity contribution in [2.45, 2.75) is 18.9 Å². The van der Waals surface area contributed by atoms with Gasteiger partial charge in [-0.05, 0) is 30.2 Å². The van der Waals surface area contributed by atoms with Crippen LogP contribution in [-0.4, -0.2) is 49.5 Å². The molecule has 2 heterocycles. The Morgan fingerprint density at radius 2 is 1.96 bits per heavy atom. The van der Waals surface area contributed by atoms with Crippen molar-refractivity contribution in [2.75, 3.05) is 27.8 Å². The Morgan fingerprint density at radius 1 is 1.21 bits per heavy atom. The molecule has 3 rings (SSSR count). The third-order valence-corrected chi connectivity index (χ3v) is 5.14. The number of para-hydroxylation sites is 1. The number of aromatic nitrogens is 1. The maximum Gasteiger partial charge on any atom is 0.226 e. The molecule has 1 aromatic heterocycles. The first kappa shape index (κ1) is 19.7. The van der Waals surface area contributed by atoms with Crippen molar-refractivity contribution in [2.24, 2.45) is 5.92 Å². The van der Waals surface area contributed by atoms with Crippen LogP contribution in [0.15, 0.2) is 42.7 Å². The Kier molecular flexibility index (Phi) is 6.13. The van der Waals surface area contributed by atoms with Crippen LogP contribution >= 0.6 is 0 Å². The molecule has 1 aromatic carbocycles. The number of ether oxygens (including phenoxy) is 2. The highest BCUT2D eigenvalue weighted by Gasteiger charge is 2.44. The zero-order chi connectivity index (χ0) is 20.1. The van der Waals surface area contributed by atoms with Crippen molar-refractivity contribution >= 4 is 11.8 Å². The van der Waals surface area contributed by atoms with Crippen LogP contribution in [0, 0.1) is 5.92 Å². The first-order valence-corrected chi connectivity index (χ1v) is 9.20. The number of nitrogens with zero attached hydrogens (tertiary/aromatic N) is 2. The fraction of sp³-hybridized carbons (Fsp3) is 0.381. The van der Waals surface area contributed by atoms with Crippen LogP contribution in [0.4, 0.5) is 0 Å². The van der Waals surface area contributed by atoms with Crippen molar-refractivity contribution in [1.82, 2.24) is 15.2 Å². The number of benzene rings is 1. The fourth-order valence-electron chi connectivity index (χ4n) is 3.69. The Labute approximate surface area is 164 Å². The van der Waals surface area contributed by atoms with Crippen molar-refractivity contribution in [3.8, 4) is 11.5 Å². The molecule has 1 aliphatic rings. The number of rotatable bonds is 7. The first-order chi connectivity index (χ1) is 13.6. The van der Waals surface area contributed by atoms with Gasteiger partial charge in [0.25, 0.3) is 0 Å². The molecule has 148 valence electrons. The largest absolute Gasteiger partial charge is 0.493 e. The van der Waals surface area contributed by atoms with Gasteiger partial charge < -0.3 is 19.7 Å². The van der Waals surface area contributed by atoms with E-state index in [0.29, 0.717) is 24.5 Å². The van der Waals surface area contributed by atoms with Gasteiger partial charge in [-0.25, -0.2) is 0 Å². The number of hydrogen-bond acceptors (Lipinski definition) is 5. The smallest absolute Gasteiger partial charge is 0.226 e. The summed E-state index contributed by atoms with van der Waals surface area (Å²) in [5, 5.41) is 2.97. The number of hydrogen-bond donors (Lipinski definition) is 1. The molecule has 0 spiro atoms. The van der Waals surface area contributed by atoms with Gasteiger partial charge in [0, 0.05) is 38.0 Å². The van der Waals surface area contributed by atoms with E-state index in [1.807, 2.05) is 24.3 Å². The highest BCUT2D eigenvalue weighted by Crippen LogP contribution is 2.44. The normalized spacial score (nSPS) is 18.8. The number of nitrogens with one attached hydrogen (secondary N) is 1. The highest BCUT2D eigenvalue weighted by atomic mass is 16.5. The summed E-state index contributed by atoms with van der Waals surface area (Å²) < 4.78 is 10.9. The first-order valence-electron chi connectivity index (χ1n) is 9.20. The lowest BCUT2D eigenvalue weighted by Gasteiger charge is -2.27. The van der Waals surface area contributed by atoms with Crippen molar-refractivity contribution in [3.05, 3.63) is 53.9 Å². The van der Waals surface area contributed by atoms with E-state index in [1.54, 1.807) is 44.6 Å². The van der Waals surface area contributed by atoms with Crippen LogP contribution in [0.3, 0.4) is 0 Å². The summed E-state index contributed by atoms with van der Waals surface area (Å²) in [5.74, 6) is 0.428. The Balaban J connectivity index is 1.78. The maximum absolute atomic E-state index is 12.9. The van der Waals surface area contributed by atoms with E-state index in [1.165, 1.54) is 0 Å². The Morgan fingerprint density at radius 3 is 2.64 bits per heavy atom. The van der Waals surface area contributed by atoms with E-state index in [2.05, 4.69) is 10.3 Å². The fourth-order valence-corrected chi connectivity index (χ4v) is 3.69. The number of amides is 2. The van der Waals surface area contributed by atoms with E-state index < -0.39 is 12.0 Å². The molecule has 1 fully saturated rings. The molecular formula is C21H25N3O4. The number of likely N-dealkylation sites (tertiary alicyclic amines) is 1. The van der Waals surface area contributed by atoms with E-state index >= 15 is 0 Å². The zero-order valence-corrected chi connectivity index (χ0v) is 16.3.